The van der Waals surface area contributed by atoms with E-state index in [2.05, 4.69) is 10.3 Å². The fourth-order valence-corrected chi connectivity index (χ4v) is 2.12. The van der Waals surface area contributed by atoms with Gasteiger partial charge in [-0.15, -0.1) is 0 Å². The number of nitrogens with one attached hydrogen (secondary N) is 3. The Balaban J connectivity index is 0.00000261. The Morgan fingerprint density at radius 3 is 2.69 bits per heavy atom. The van der Waals surface area contributed by atoms with Gasteiger partial charge in [0, 0.05) is 12.7 Å². The number of anilines is 1. The lowest BCUT2D eigenvalue weighted by molar-refractivity contribution is 0.102. The minimum Gasteiger partial charge on any atom is -0.438 e. The summed E-state index contributed by atoms with van der Waals surface area (Å²) in [6, 6.07) is 11.9. The summed E-state index contributed by atoms with van der Waals surface area (Å²) < 4.78 is 23.7. The van der Waals surface area contributed by atoms with Gasteiger partial charge >= 0.3 is 0 Å². The summed E-state index contributed by atoms with van der Waals surface area (Å²) >= 11 is 0. The Bertz CT molecular complexity index is 976. The van der Waals surface area contributed by atoms with Crippen LogP contribution >= 0.6 is 0 Å². The van der Waals surface area contributed by atoms with Gasteiger partial charge in [0.2, 0.25) is 11.7 Å². The van der Waals surface area contributed by atoms with E-state index in [0.717, 1.165) is 6.39 Å². The first-order chi connectivity index (χ1) is 12.5. The van der Waals surface area contributed by atoms with Crippen molar-refractivity contribution in [3.63, 3.8) is 0 Å². The predicted octanol–water partition coefficient (Wildman–Crippen LogP) is 3.68. The van der Waals surface area contributed by atoms with Crippen LogP contribution < -0.4 is 5.32 Å². The number of carbonyl (C=O) groups is 1. The molecule has 0 radical (unpaired) electrons. The SMILES string of the molecule is N=C(OC(=N)c1cnco1)c1cccc(NC(=O)c2ccccc2F)c1.[HH]. The quantitative estimate of drug-likeness (QED) is 0.490. The van der Waals surface area contributed by atoms with E-state index in [-0.39, 0.29) is 24.5 Å². The van der Waals surface area contributed by atoms with E-state index in [0.29, 0.717) is 11.3 Å². The van der Waals surface area contributed by atoms with E-state index in [9.17, 15) is 9.18 Å². The number of aromatic nitrogens is 1. The molecule has 132 valence electrons. The molecule has 0 saturated carbocycles. The molecule has 0 aliphatic rings. The van der Waals surface area contributed by atoms with Crippen LogP contribution in [-0.2, 0) is 4.74 Å². The monoisotopic (exact) mass is 354 g/mol. The van der Waals surface area contributed by atoms with E-state index in [1.807, 2.05) is 0 Å². The molecular weight excluding hydrogens is 339 g/mol. The number of hydrogen-bond donors (Lipinski definition) is 3. The van der Waals surface area contributed by atoms with Gasteiger partial charge in [0.1, 0.15) is 5.82 Å². The smallest absolute Gasteiger partial charge is 0.258 e. The van der Waals surface area contributed by atoms with Crippen LogP contribution in [0, 0.1) is 16.6 Å². The van der Waals surface area contributed by atoms with Crippen LogP contribution in [0.2, 0.25) is 0 Å². The van der Waals surface area contributed by atoms with Crippen LogP contribution in [0.3, 0.4) is 0 Å². The zero-order valence-electron chi connectivity index (χ0n) is 13.3. The first kappa shape index (κ1) is 17.0. The Labute approximate surface area is 149 Å². The summed E-state index contributed by atoms with van der Waals surface area (Å²) in [7, 11) is 0. The first-order valence-corrected chi connectivity index (χ1v) is 7.44. The molecule has 1 aromatic heterocycles. The maximum Gasteiger partial charge on any atom is 0.258 e. The zero-order valence-corrected chi connectivity index (χ0v) is 13.3. The van der Waals surface area contributed by atoms with Crippen molar-refractivity contribution in [2.45, 2.75) is 0 Å². The Kier molecular flexibility index (Phi) is 4.84. The summed E-state index contributed by atoms with van der Waals surface area (Å²) in [5, 5.41) is 18.2. The largest absolute Gasteiger partial charge is 0.438 e. The Morgan fingerprint density at radius 2 is 1.96 bits per heavy atom. The number of hydrogen-bond acceptors (Lipinski definition) is 6. The van der Waals surface area contributed by atoms with Gasteiger partial charge in [-0.25, -0.2) is 9.37 Å². The highest BCUT2D eigenvalue weighted by Gasteiger charge is 2.14. The lowest BCUT2D eigenvalue weighted by Crippen LogP contribution is -2.15. The average molecular weight is 354 g/mol. The minimum absolute atomic E-state index is 0. The van der Waals surface area contributed by atoms with E-state index in [1.54, 1.807) is 24.3 Å². The molecule has 3 N–H and O–H groups in total. The van der Waals surface area contributed by atoms with Crippen LogP contribution in [0.15, 0.2) is 65.5 Å². The third kappa shape index (κ3) is 3.81. The highest BCUT2D eigenvalue weighted by molar-refractivity contribution is 6.06. The molecule has 0 spiro atoms. The van der Waals surface area contributed by atoms with Crippen molar-refractivity contribution in [1.29, 1.82) is 10.8 Å². The molecule has 0 aliphatic heterocycles. The predicted molar refractivity (Wildman–Crippen MR) is 94.2 cm³/mol. The fraction of sp³-hybridized carbons (Fsp3) is 0. The number of benzene rings is 2. The van der Waals surface area contributed by atoms with Crippen LogP contribution in [0.1, 0.15) is 23.1 Å². The number of ether oxygens (including phenoxy) is 1. The third-order valence-electron chi connectivity index (χ3n) is 3.36. The van der Waals surface area contributed by atoms with Gasteiger partial charge in [-0.3, -0.25) is 15.6 Å². The maximum absolute atomic E-state index is 13.7. The van der Waals surface area contributed by atoms with Crippen LogP contribution in [0.4, 0.5) is 10.1 Å². The Hall–Kier alpha value is -3.81. The molecule has 0 saturated heterocycles. The summed E-state index contributed by atoms with van der Waals surface area (Å²) in [5.74, 6) is -1.83. The first-order valence-electron chi connectivity index (χ1n) is 7.44. The second-order valence-corrected chi connectivity index (χ2v) is 5.14. The van der Waals surface area contributed by atoms with Crippen molar-refractivity contribution in [3.05, 3.63) is 83.8 Å². The summed E-state index contributed by atoms with van der Waals surface area (Å²) in [5.41, 5.74) is 0.590. The van der Waals surface area contributed by atoms with Crippen molar-refractivity contribution in [2.24, 2.45) is 0 Å². The van der Waals surface area contributed by atoms with Gasteiger partial charge in [0.15, 0.2) is 6.39 Å². The topological polar surface area (TPSA) is 112 Å². The molecule has 26 heavy (non-hydrogen) atoms. The van der Waals surface area contributed by atoms with E-state index in [1.165, 1.54) is 30.5 Å². The molecule has 2 aromatic carbocycles. The molecule has 1 heterocycles. The highest BCUT2D eigenvalue weighted by Crippen LogP contribution is 2.15. The van der Waals surface area contributed by atoms with E-state index in [4.69, 9.17) is 20.0 Å². The molecule has 0 atom stereocenters. The van der Waals surface area contributed by atoms with Crippen molar-refractivity contribution >= 4 is 23.4 Å². The normalized spacial score (nSPS) is 10.2. The molecule has 7 nitrogen and oxygen atoms in total. The van der Waals surface area contributed by atoms with Crippen molar-refractivity contribution < 1.29 is 19.8 Å². The van der Waals surface area contributed by atoms with Crippen LogP contribution in [-0.4, -0.2) is 22.7 Å². The molecule has 8 heteroatoms. The van der Waals surface area contributed by atoms with Crippen molar-refractivity contribution in [1.82, 2.24) is 4.98 Å². The lowest BCUT2D eigenvalue weighted by atomic mass is 10.1. The average Bonchev–Trinajstić information content (AvgIpc) is 3.17. The number of halogens is 1. The molecule has 1 amide bonds. The van der Waals surface area contributed by atoms with Gasteiger partial charge < -0.3 is 14.5 Å². The molecule has 3 aromatic rings. The van der Waals surface area contributed by atoms with E-state index >= 15 is 0 Å². The van der Waals surface area contributed by atoms with Crippen LogP contribution in [0.5, 0.6) is 0 Å². The summed E-state index contributed by atoms with van der Waals surface area (Å²) in [6.07, 6.45) is 2.44. The van der Waals surface area contributed by atoms with Crippen molar-refractivity contribution in [3.8, 4) is 0 Å². The van der Waals surface area contributed by atoms with Gasteiger partial charge in [-0.1, -0.05) is 18.2 Å². The van der Waals surface area contributed by atoms with Gasteiger partial charge in [0.05, 0.1) is 11.8 Å². The number of amides is 1. The number of oxazole rings is 1. The second kappa shape index (κ2) is 7.39. The highest BCUT2D eigenvalue weighted by atomic mass is 19.1. The standard InChI is InChI=1S/C18H13FN4O3.H2/c19-14-7-2-1-6-13(14)18(24)23-12-5-3-4-11(8-12)16(20)26-17(21)15-9-22-10-25-15;/h1-10,20-21H,(H,23,24);1H. The maximum atomic E-state index is 13.7. The molecule has 3 rings (SSSR count). The Morgan fingerprint density at radius 1 is 1.15 bits per heavy atom. The number of nitrogens with zero attached hydrogens (tertiary/aromatic N) is 1. The summed E-state index contributed by atoms with van der Waals surface area (Å²) in [6.45, 7) is 0. The van der Waals surface area contributed by atoms with Gasteiger partial charge in [0.25, 0.3) is 11.8 Å². The van der Waals surface area contributed by atoms with E-state index < -0.39 is 11.7 Å². The van der Waals surface area contributed by atoms with Crippen LogP contribution in [0.25, 0.3) is 0 Å². The molecule has 0 unspecified atom stereocenters. The second-order valence-electron chi connectivity index (χ2n) is 5.14. The molecule has 0 aliphatic carbocycles. The summed E-state index contributed by atoms with van der Waals surface area (Å²) in [4.78, 5) is 15.8. The van der Waals surface area contributed by atoms with Gasteiger partial charge in [-0.05, 0) is 30.3 Å². The van der Waals surface area contributed by atoms with Crippen molar-refractivity contribution in [2.75, 3.05) is 5.32 Å². The zero-order chi connectivity index (χ0) is 18.5. The molecule has 0 bridgehead atoms. The molecule has 0 fully saturated rings. The lowest BCUT2D eigenvalue weighted by Gasteiger charge is -2.09. The molecular formula is C18H15FN4O3. The third-order valence-corrected chi connectivity index (χ3v) is 3.36. The van der Waals surface area contributed by atoms with Gasteiger partial charge in [-0.2, -0.15) is 0 Å². The fourth-order valence-electron chi connectivity index (χ4n) is 2.12. The number of carbonyl (C=O) groups excluding carboxylic acids is 1. The minimum atomic E-state index is -0.627. The number of rotatable bonds is 4.